The van der Waals surface area contributed by atoms with E-state index < -0.39 is 0 Å². The van der Waals surface area contributed by atoms with Crippen LogP contribution in [0.2, 0.25) is 0 Å². The Kier molecular flexibility index (Phi) is 3.82. The van der Waals surface area contributed by atoms with E-state index in [1.54, 1.807) is 29.2 Å². The van der Waals surface area contributed by atoms with Gasteiger partial charge in [-0.25, -0.2) is 4.79 Å². The van der Waals surface area contributed by atoms with E-state index in [2.05, 4.69) is 10.6 Å². The number of urea groups is 1. The van der Waals surface area contributed by atoms with Crippen LogP contribution >= 0.6 is 0 Å². The monoisotopic (exact) mass is 331 g/mol. The number of benzene rings is 3. The summed E-state index contributed by atoms with van der Waals surface area (Å²) in [5, 5.41) is 7.81. The molecule has 0 saturated carbocycles. The van der Waals surface area contributed by atoms with Crippen molar-refractivity contribution in [3.05, 3.63) is 72.3 Å². The molecule has 3 amide bonds. The van der Waals surface area contributed by atoms with Gasteiger partial charge in [0.2, 0.25) is 0 Å². The molecular weight excluding hydrogens is 314 g/mol. The van der Waals surface area contributed by atoms with Gasteiger partial charge in [-0.15, -0.1) is 0 Å². The van der Waals surface area contributed by atoms with Crippen molar-refractivity contribution in [2.75, 3.05) is 23.3 Å². The van der Waals surface area contributed by atoms with Crippen molar-refractivity contribution >= 4 is 34.1 Å². The SMILES string of the molecule is O=C(Nc1cccc2ccccc12)c1ccc(N2CCNC2=O)cc1. The van der Waals surface area contributed by atoms with Gasteiger partial charge in [0.1, 0.15) is 0 Å². The van der Waals surface area contributed by atoms with E-state index in [-0.39, 0.29) is 11.9 Å². The Morgan fingerprint density at radius 1 is 0.960 bits per heavy atom. The molecule has 2 N–H and O–H groups in total. The number of rotatable bonds is 3. The molecule has 3 aromatic rings. The van der Waals surface area contributed by atoms with Crippen LogP contribution in [0, 0.1) is 0 Å². The Morgan fingerprint density at radius 2 is 1.72 bits per heavy atom. The zero-order valence-corrected chi connectivity index (χ0v) is 13.5. The van der Waals surface area contributed by atoms with Gasteiger partial charge in [-0.1, -0.05) is 36.4 Å². The van der Waals surface area contributed by atoms with Gasteiger partial charge >= 0.3 is 6.03 Å². The zero-order valence-electron chi connectivity index (χ0n) is 13.5. The lowest BCUT2D eigenvalue weighted by molar-refractivity contribution is 0.102. The van der Waals surface area contributed by atoms with Crippen LogP contribution in [0.25, 0.3) is 10.8 Å². The van der Waals surface area contributed by atoms with Crippen LogP contribution in [0.5, 0.6) is 0 Å². The van der Waals surface area contributed by atoms with Crippen molar-refractivity contribution in [1.82, 2.24) is 5.32 Å². The standard InChI is InChI=1S/C20H17N3O2/c24-19(22-18-7-3-5-14-4-1-2-6-17(14)18)15-8-10-16(11-9-15)23-13-12-21-20(23)25/h1-11H,12-13H2,(H,21,25)(H,22,24). The molecule has 0 atom stereocenters. The van der Waals surface area contributed by atoms with Crippen LogP contribution in [0.1, 0.15) is 10.4 Å². The summed E-state index contributed by atoms with van der Waals surface area (Å²) < 4.78 is 0. The lowest BCUT2D eigenvalue weighted by Crippen LogP contribution is -2.27. The van der Waals surface area contributed by atoms with E-state index in [1.807, 2.05) is 42.5 Å². The topological polar surface area (TPSA) is 61.4 Å². The predicted octanol–water partition coefficient (Wildman–Crippen LogP) is 3.62. The fourth-order valence-corrected chi connectivity index (χ4v) is 3.04. The average molecular weight is 331 g/mol. The molecule has 0 aliphatic carbocycles. The van der Waals surface area contributed by atoms with Crippen molar-refractivity contribution in [1.29, 1.82) is 0 Å². The Labute approximate surface area is 145 Å². The number of anilines is 2. The van der Waals surface area contributed by atoms with Gasteiger partial charge in [0.25, 0.3) is 5.91 Å². The quantitative estimate of drug-likeness (QED) is 0.770. The number of hydrogen-bond acceptors (Lipinski definition) is 2. The van der Waals surface area contributed by atoms with Crippen LogP contribution in [-0.4, -0.2) is 25.0 Å². The first-order chi connectivity index (χ1) is 12.2. The molecule has 1 aliphatic heterocycles. The van der Waals surface area contributed by atoms with Crippen molar-refractivity contribution in [2.45, 2.75) is 0 Å². The first-order valence-electron chi connectivity index (χ1n) is 8.17. The second kappa shape index (κ2) is 6.28. The third kappa shape index (κ3) is 2.92. The van der Waals surface area contributed by atoms with Gasteiger partial charge in [0, 0.05) is 35.4 Å². The highest BCUT2D eigenvalue weighted by Crippen LogP contribution is 2.24. The fourth-order valence-electron chi connectivity index (χ4n) is 3.04. The normalized spacial score (nSPS) is 13.8. The van der Waals surface area contributed by atoms with Crippen LogP contribution < -0.4 is 15.5 Å². The molecule has 0 unspecified atom stereocenters. The average Bonchev–Trinajstić information content (AvgIpc) is 3.08. The molecule has 1 aliphatic rings. The van der Waals surface area contributed by atoms with Crippen LogP contribution in [-0.2, 0) is 0 Å². The second-order valence-electron chi connectivity index (χ2n) is 5.91. The number of hydrogen-bond donors (Lipinski definition) is 2. The van der Waals surface area contributed by atoms with Crippen LogP contribution in [0.3, 0.4) is 0 Å². The third-order valence-corrected chi connectivity index (χ3v) is 4.34. The number of nitrogens with one attached hydrogen (secondary N) is 2. The summed E-state index contributed by atoms with van der Waals surface area (Å²) in [5.74, 6) is -0.172. The van der Waals surface area contributed by atoms with E-state index in [1.165, 1.54) is 0 Å². The molecule has 1 saturated heterocycles. The van der Waals surface area contributed by atoms with Crippen molar-refractivity contribution in [2.24, 2.45) is 0 Å². The predicted molar refractivity (Wildman–Crippen MR) is 99.1 cm³/mol. The van der Waals surface area contributed by atoms with Crippen molar-refractivity contribution < 1.29 is 9.59 Å². The van der Waals surface area contributed by atoms with Gasteiger partial charge in [-0.05, 0) is 35.7 Å². The van der Waals surface area contributed by atoms with E-state index in [0.717, 1.165) is 22.1 Å². The van der Waals surface area contributed by atoms with Gasteiger partial charge < -0.3 is 10.6 Å². The first kappa shape index (κ1) is 15.2. The summed E-state index contributed by atoms with van der Waals surface area (Å²) in [7, 11) is 0. The molecular formula is C20H17N3O2. The van der Waals surface area contributed by atoms with E-state index in [9.17, 15) is 9.59 Å². The maximum absolute atomic E-state index is 12.6. The molecule has 5 heteroatoms. The fraction of sp³-hybridized carbons (Fsp3) is 0.100. The largest absolute Gasteiger partial charge is 0.336 e. The van der Waals surface area contributed by atoms with Crippen molar-refractivity contribution in [3.8, 4) is 0 Å². The van der Waals surface area contributed by atoms with E-state index in [0.29, 0.717) is 18.7 Å². The molecule has 25 heavy (non-hydrogen) atoms. The maximum Gasteiger partial charge on any atom is 0.321 e. The summed E-state index contributed by atoms with van der Waals surface area (Å²) in [6.07, 6.45) is 0. The summed E-state index contributed by atoms with van der Waals surface area (Å²) in [6, 6.07) is 20.7. The first-order valence-corrected chi connectivity index (χ1v) is 8.17. The summed E-state index contributed by atoms with van der Waals surface area (Å²) in [5.41, 5.74) is 2.12. The second-order valence-corrected chi connectivity index (χ2v) is 5.91. The number of nitrogens with zero attached hydrogens (tertiary/aromatic N) is 1. The van der Waals surface area contributed by atoms with E-state index in [4.69, 9.17) is 0 Å². The molecule has 0 spiro atoms. The van der Waals surface area contributed by atoms with Gasteiger partial charge in [-0.2, -0.15) is 0 Å². The molecule has 4 rings (SSSR count). The smallest absolute Gasteiger partial charge is 0.321 e. The minimum atomic E-state index is -0.172. The van der Waals surface area contributed by atoms with Gasteiger partial charge in [0.15, 0.2) is 0 Å². The minimum Gasteiger partial charge on any atom is -0.336 e. The summed E-state index contributed by atoms with van der Waals surface area (Å²) in [4.78, 5) is 25.9. The Hall–Kier alpha value is -3.34. The zero-order chi connectivity index (χ0) is 17.2. The maximum atomic E-state index is 12.6. The van der Waals surface area contributed by atoms with E-state index >= 15 is 0 Å². The molecule has 1 heterocycles. The lowest BCUT2D eigenvalue weighted by atomic mass is 10.1. The number of carbonyl (C=O) groups is 2. The molecule has 124 valence electrons. The molecule has 3 aromatic carbocycles. The molecule has 1 fully saturated rings. The lowest BCUT2D eigenvalue weighted by Gasteiger charge is -2.14. The van der Waals surface area contributed by atoms with Gasteiger partial charge in [0.05, 0.1) is 0 Å². The number of amides is 3. The van der Waals surface area contributed by atoms with Crippen molar-refractivity contribution in [3.63, 3.8) is 0 Å². The highest BCUT2D eigenvalue weighted by molar-refractivity contribution is 6.09. The molecule has 0 aromatic heterocycles. The Bertz CT molecular complexity index is 945. The molecule has 0 bridgehead atoms. The highest BCUT2D eigenvalue weighted by Gasteiger charge is 2.21. The van der Waals surface area contributed by atoms with Crippen LogP contribution in [0.15, 0.2) is 66.7 Å². The van der Waals surface area contributed by atoms with Gasteiger partial charge in [-0.3, -0.25) is 9.69 Å². The highest BCUT2D eigenvalue weighted by atomic mass is 16.2. The summed E-state index contributed by atoms with van der Waals surface area (Å²) >= 11 is 0. The molecule has 5 nitrogen and oxygen atoms in total. The minimum absolute atomic E-state index is 0.104. The number of carbonyl (C=O) groups excluding carboxylic acids is 2. The number of fused-ring (bicyclic) bond motifs is 1. The molecule has 0 radical (unpaired) electrons. The third-order valence-electron chi connectivity index (χ3n) is 4.34. The Balaban J connectivity index is 1.55. The summed E-state index contributed by atoms with van der Waals surface area (Å²) in [6.45, 7) is 1.28. The Morgan fingerprint density at radius 3 is 2.48 bits per heavy atom. The van der Waals surface area contributed by atoms with Crippen LogP contribution in [0.4, 0.5) is 16.2 Å².